The lowest BCUT2D eigenvalue weighted by Gasteiger charge is -2.01. The zero-order valence-electron chi connectivity index (χ0n) is 11.8. The van der Waals surface area contributed by atoms with Gasteiger partial charge >= 0.3 is 0 Å². The maximum atomic E-state index is 11.0. The van der Waals surface area contributed by atoms with Crippen LogP contribution in [0.5, 0.6) is 0 Å². The predicted octanol–water partition coefficient (Wildman–Crippen LogP) is 4.28. The highest BCUT2D eigenvalue weighted by atomic mass is 32.1. The molecule has 0 unspecified atom stereocenters. The number of nitrogens with two attached hydrogens (primary N) is 1. The summed E-state index contributed by atoms with van der Waals surface area (Å²) in [6.07, 6.45) is 0. The van der Waals surface area contributed by atoms with Crippen LogP contribution in [0, 0.1) is 17.0 Å². The van der Waals surface area contributed by atoms with Crippen molar-refractivity contribution in [3.63, 3.8) is 0 Å². The first-order valence-corrected chi connectivity index (χ1v) is 7.49. The van der Waals surface area contributed by atoms with E-state index in [2.05, 4.69) is 4.98 Å². The Morgan fingerprint density at radius 2 is 2.00 bits per heavy atom. The molecule has 0 radical (unpaired) electrons. The SMILES string of the molecule is Cc1ccc(-c2csc(-c3cccc(N)c3)n2)cc1[N+](=O)[O-]. The first-order chi connectivity index (χ1) is 10.5. The predicted molar refractivity (Wildman–Crippen MR) is 88.8 cm³/mol. The molecule has 0 saturated heterocycles. The lowest BCUT2D eigenvalue weighted by atomic mass is 10.1. The fraction of sp³-hybridized carbons (Fsp3) is 0.0625. The minimum atomic E-state index is -0.371. The molecule has 0 spiro atoms. The molecule has 0 bridgehead atoms. The molecule has 2 N–H and O–H groups in total. The van der Waals surface area contributed by atoms with E-state index in [1.807, 2.05) is 35.7 Å². The van der Waals surface area contributed by atoms with Crippen molar-refractivity contribution in [1.82, 2.24) is 4.98 Å². The molecule has 6 heteroatoms. The van der Waals surface area contributed by atoms with Crippen molar-refractivity contribution in [3.05, 3.63) is 63.5 Å². The number of rotatable bonds is 3. The maximum Gasteiger partial charge on any atom is 0.272 e. The second-order valence-corrected chi connectivity index (χ2v) is 5.78. The fourth-order valence-corrected chi connectivity index (χ4v) is 3.00. The molecule has 3 aromatic rings. The number of hydrogen-bond acceptors (Lipinski definition) is 5. The van der Waals surface area contributed by atoms with Gasteiger partial charge in [0.15, 0.2) is 0 Å². The number of thiazole rings is 1. The van der Waals surface area contributed by atoms with Crippen molar-refractivity contribution in [2.75, 3.05) is 5.73 Å². The maximum absolute atomic E-state index is 11.0. The third-order valence-electron chi connectivity index (χ3n) is 3.34. The summed E-state index contributed by atoms with van der Waals surface area (Å²) in [5, 5.41) is 13.8. The van der Waals surface area contributed by atoms with Crippen LogP contribution >= 0.6 is 11.3 Å². The number of aryl methyl sites for hydroxylation is 1. The number of nitrogens with zero attached hydrogens (tertiary/aromatic N) is 2. The van der Waals surface area contributed by atoms with E-state index in [1.165, 1.54) is 11.3 Å². The molecule has 0 saturated carbocycles. The third kappa shape index (κ3) is 2.68. The van der Waals surface area contributed by atoms with Gasteiger partial charge in [0, 0.05) is 33.8 Å². The molecule has 0 aliphatic carbocycles. The minimum absolute atomic E-state index is 0.107. The Kier molecular flexibility index (Phi) is 3.60. The van der Waals surface area contributed by atoms with E-state index in [0.29, 0.717) is 11.3 Å². The average Bonchev–Trinajstić information content (AvgIpc) is 2.97. The molecule has 0 amide bonds. The van der Waals surface area contributed by atoms with Crippen LogP contribution in [0.4, 0.5) is 11.4 Å². The Balaban J connectivity index is 2.01. The molecule has 3 rings (SSSR count). The molecule has 5 nitrogen and oxygen atoms in total. The summed E-state index contributed by atoms with van der Waals surface area (Å²) in [7, 11) is 0. The Hall–Kier alpha value is -2.73. The van der Waals surface area contributed by atoms with Gasteiger partial charge in [0.2, 0.25) is 0 Å². The standard InChI is InChI=1S/C16H13N3O2S/c1-10-5-6-11(8-15(10)19(20)21)14-9-22-16(18-14)12-3-2-4-13(17)7-12/h2-9H,17H2,1H3. The van der Waals surface area contributed by atoms with Crippen LogP contribution in [-0.2, 0) is 0 Å². The van der Waals surface area contributed by atoms with Crippen molar-refractivity contribution in [2.24, 2.45) is 0 Å². The summed E-state index contributed by atoms with van der Waals surface area (Å²) in [5.41, 5.74) is 9.62. The first kappa shape index (κ1) is 14.2. The summed E-state index contributed by atoms with van der Waals surface area (Å²) >= 11 is 1.49. The zero-order valence-corrected chi connectivity index (χ0v) is 12.6. The molecule has 0 aliphatic heterocycles. The molecule has 0 atom stereocenters. The average molecular weight is 311 g/mol. The largest absolute Gasteiger partial charge is 0.399 e. The van der Waals surface area contributed by atoms with Gasteiger partial charge in [0.05, 0.1) is 10.6 Å². The topological polar surface area (TPSA) is 82.0 Å². The Morgan fingerprint density at radius 3 is 2.73 bits per heavy atom. The van der Waals surface area contributed by atoms with E-state index < -0.39 is 0 Å². The highest BCUT2D eigenvalue weighted by Crippen LogP contribution is 2.32. The number of benzene rings is 2. The van der Waals surface area contributed by atoms with E-state index in [9.17, 15) is 10.1 Å². The molecular formula is C16H13N3O2S. The second-order valence-electron chi connectivity index (χ2n) is 4.92. The Morgan fingerprint density at radius 1 is 1.18 bits per heavy atom. The second kappa shape index (κ2) is 5.57. The van der Waals surface area contributed by atoms with Crippen LogP contribution in [0.2, 0.25) is 0 Å². The van der Waals surface area contributed by atoms with E-state index in [4.69, 9.17) is 5.73 Å². The minimum Gasteiger partial charge on any atom is -0.399 e. The van der Waals surface area contributed by atoms with Crippen LogP contribution < -0.4 is 5.73 Å². The molecule has 110 valence electrons. The van der Waals surface area contributed by atoms with Gasteiger partial charge in [-0.25, -0.2) is 4.98 Å². The number of nitrogen functional groups attached to an aromatic ring is 1. The van der Waals surface area contributed by atoms with Crippen LogP contribution in [0.25, 0.3) is 21.8 Å². The highest BCUT2D eigenvalue weighted by molar-refractivity contribution is 7.13. The molecule has 2 aromatic carbocycles. The van der Waals surface area contributed by atoms with Crippen molar-refractivity contribution in [2.45, 2.75) is 6.92 Å². The third-order valence-corrected chi connectivity index (χ3v) is 4.23. The summed E-state index contributed by atoms with van der Waals surface area (Å²) in [6, 6.07) is 12.7. The van der Waals surface area contributed by atoms with Crippen molar-refractivity contribution in [3.8, 4) is 21.8 Å². The summed E-state index contributed by atoms with van der Waals surface area (Å²) in [6.45, 7) is 1.72. The Bertz CT molecular complexity index is 858. The molecule has 1 heterocycles. The van der Waals surface area contributed by atoms with Gasteiger partial charge in [-0.05, 0) is 19.1 Å². The normalized spacial score (nSPS) is 10.6. The van der Waals surface area contributed by atoms with E-state index in [-0.39, 0.29) is 10.6 Å². The molecule has 0 fully saturated rings. The monoisotopic (exact) mass is 311 g/mol. The van der Waals surface area contributed by atoms with Gasteiger partial charge in [0.25, 0.3) is 5.69 Å². The van der Waals surface area contributed by atoms with Crippen LogP contribution in [0.15, 0.2) is 47.8 Å². The van der Waals surface area contributed by atoms with E-state index >= 15 is 0 Å². The lowest BCUT2D eigenvalue weighted by Crippen LogP contribution is -1.92. The van der Waals surface area contributed by atoms with E-state index in [1.54, 1.807) is 19.1 Å². The molecule has 22 heavy (non-hydrogen) atoms. The summed E-state index contributed by atoms with van der Waals surface area (Å²) < 4.78 is 0. The number of anilines is 1. The van der Waals surface area contributed by atoms with Gasteiger partial charge < -0.3 is 5.73 Å². The number of nitro groups is 1. The highest BCUT2D eigenvalue weighted by Gasteiger charge is 2.14. The van der Waals surface area contributed by atoms with Gasteiger partial charge in [-0.1, -0.05) is 24.3 Å². The lowest BCUT2D eigenvalue weighted by molar-refractivity contribution is -0.385. The smallest absolute Gasteiger partial charge is 0.272 e. The van der Waals surface area contributed by atoms with Gasteiger partial charge in [-0.3, -0.25) is 10.1 Å². The number of nitro benzene ring substituents is 1. The van der Waals surface area contributed by atoms with Crippen LogP contribution in [0.3, 0.4) is 0 Å². The number of hydrogen-bond donors (Lipinski definition) is 1. The summed E-state index contributed by atoms with van der Waals surface area (Å²) in [4.78, 5) is 15.2. The quantitative estimate of drug-likeness (QED) is 0.445. The molecular weight excluding hydrogens is 298 g/mol. The van der Waals surface area contributed by atoms with Crippen LogP contribution in [0.1, 0.15) is 5.56 Å². The first-order valence-electron chi connectivity index (χ1n) is 6.61. The van der Waals surface area contributed by atoms with Crippen molar-refractivity contribution in [1.29, 1.82) is 0 Å². The summed E-state index contributed by atoms with van der Waals surface area (Å²) in [5.74, 6) is 0. The van der Waals surface area contributed by atoms with E-state index in [0.717, 1.165) is 21.8 Å². The fourth-order valence-electron chi connectivity index (χ4n) is 2.18. The molecule has 0 aliphatic rings. The van der Waals surface area contributed by atoms with Crippen molar-refractivity contribution < 1.29 is 4.92 Å². The van der Waals surface area contributed by atoms with Crippen LogP contribution in [-0.4, -0.2) is 9.91 Å². The zero-order chi connectivity index (χ0) is 15.7. The van der Waals surface area contributed by atoms with Crippen molar-refractivity contribution >= 4 is 22.7 Å². The van der Waals surface area contributed by atoms with Gasteiger partial charge in [0.1, 0.15) is 5.01 Å². The molecule has 1 aromatic heterocycles. The van der Waals surface area contributed by atoms with Gasteiger partial charge in [-0.15, -0.1) is 11.3 Å². The Labute approximate surface area is 131 Å². The van der Waals surface area contributed by atoms with Gasteiger partial charge in [-0.2, -0.15) is 0 Å². The number of aromatic nitrogens is 1.